The van der Waals surface area contributed by atoms with Crippen molar-refractivity contribution in [3.8, 4) is 17.4 Å². The third kappa shape index (κ3) is 3.97. The number of hydrogen-bond donors (Lipinski definition) is 0. The van der Waals surface area contributed by atoms with Crippen LogP contribution in [0, 0.1) is 6.92 Å². The molecule has 0 aliphatic carbocycles. The average Bonchev–Trinajstić information content (AvgIpc) is 2.56. The van der Waals surface area contributed by atoms with Gasteiger partial charge >= 0.3 is 0 Å². The van der Waals surface area contributed by atoms with Gasteiger partial charge in [0.15, 0.2) is 5.78 Å². The van der Waals surface area contributed by atoms with Crippen LogP contribution in [0.15, 0.2) is 48.5 Å². The van der Waals surface area contributed by atoms with E-state index in [1.165, 1.54) is 0 Å². The van der Waals surface area contributed by atoms with Gasteiger partial charge in [-0.2, -0.15) is 0 Å². The number of rotatable bonds is 5. The molecule has 0 atom stereocenters. The van der Waals surface area contributed by atoms with E-state index in [2.05, 4.69) is 4.98 Å². The summed E-state index contributed by atoms with van der Waals surface area (Å²) in [7, 11) is 0. The summed E-state index contributed by atoms with van der Waals surface area (Å²) in [5.41, 5.74) is 2.45. The Morgan fingerprint density at radius 1 is 1.04 bits per heavy atom. The van der Waals surface area contributed by atoms with Crippen LogP contribution in [0.2, 0.25) is 0 Å². The lowest BCUT2D eigenvalue weighted by Crippen LogP contribution is -2.05. The number of Topliss-reactive ketones (excluding diaryl/α,β-unsaturated/α-hetero) is 1. The van der Waals surface area contributed by atoms with Gasteiger partial charge < -0.3 is 9.47 Å². The quantitative estimate of drug-likeness (QED) is 0.592. The monoisotopic (exact) mass is 335 g/mol. The Morgan fingerprint density at radius 2 is 1.84 bits per heavy atom. The van der Waals surface area contributed by atoms with E-state index < -0.39 is 0 Å². The minimum absolute atomic E-state index is 0.0431. The molecule has 0 fully saturated rings. The molecule has 3 rings (SSSR count). The molecule has 0 spiro atoms. The van der Waals surface area contributed by atoms with Crippen molar-refractivity contribution < 1.29 is 14.3 Å². The first-order chi connectivity index (χ1) is 11.9. The largest absolute Gasteiger partial charge is 0.491 e. The van der Waals surface area contributed by atoms with E-state index in [0.717, 1.165) is 28.0 Å². The maximum Gasteiger partial charge on any atom is 0.219 e. The van der Waals surface area contributed by atoms with Gasteiger partial charge in [-0.1, -0.05) is 0 Å². The number of pyridine rings is 1. The van der Waals surface area contributed by atoms with E-state index in [0.29, 0.717) is 11.4 Å². The summed E-state index contributed by atoms with van der Waals surface area (Å²) >= 11 is 0. The number of aromatic nitrogens is 1. The Hall–Kier alpha value is -2.88. The maximum absolute atomic E-state index is 11.5. The second-order valence-corrected chi connectivity index (χ2v) is 6.31. The molecule has 0 bridgehead atoms. The lowest BCUT2D eigenvalue weighted by Gasteiger charge is -2.13. The molecule has 0 unspecified atom stereocenters. The van der Waals surface area contributed by atoms with Crippen LogP contribution in [0.1, 0.15) is 36.7 Å². The van der Waals surface area contributed by atoms with Gasteiger partial charge in [-0.05, 0) is 75.7 Å². The Kier molecular flexibility index (Phi) is 4.70. The van der Waals surface area contributed by atoms with Crippen LogP contribution < -0.4 is 9.47 Å². The summed E-state index contributed by atoms with van der Waals surface area (Å²) in [6.07, 6.45) is 0.133. The van der Waals surface area contributed by atoms with E-state index in [1.807, 2.05) is 63.2 Å². The van der Waals surface area contributed by atoms with E-state index in [9.17, 15) is 4.79 Å². The highest BCUT2D eigenvalue weighted by molar-refractivity contribution is 5.97. The van der Waals surface area contributed by atoms with Gasteiger partial charge in [0.25, 0.3) is 0 Å². The third-order valence-electron chi connectivity index (χ3n) is 3.80. The van der Waals surface area contributed by atoms with E-state index in [-0.39, 0.29) is 11.9 Å². The second-order valence-electron chi connectivity index (χ2n) is 6.31. The van der Waals surface area contributed by atoms with E-state index >= 15 is 0 Å². The zero-order valence-electron chi connectivity index (χ0n) is 14.9. The molecule has 3 aromatic rings. The zero-order valence-corrected chi connectivity index (χ0v) is 14.9. The molecule has 0 aliphatic heterocycles. The highest BCUT2D eigenvalue weighted by Gasteiger charge is 2.08. The predicted molar refractivity (Wildman–Crippen MR) is 98.8 cm³/mol. The minimum atomic E-state index is 0.0431. The van der Waals surface area contributed by atoms with Crippen LogP contribution in [0.25, 0.3) is 10.9 Å². The molecule has 1 aromatic heterocycles. The third-order valence-corrected chi connectivity index (χ3v) is 3.80. The van der Waals surface area contributed by atoms with Crippen LogP contribution in [0.5, 0.6) is 17.4 Å². The van der Waals surface area contributed by atoms with Crippen LogP contribution in [0.3, 0.4) is 0 Å². The molecule has 4 heteroatoms. The van der Waals surface area contributed by atoms with Gasteiger partial charge in [0, 0.05) is 17.0 Å². The lowest BCUT2D eigenvalue weighted by molar-refractivity contribution is 0.101. The number of benzene rings is 2. The van der Waals surface area contributed by atoms with Crippen molar-refractivity contribution in [2.75, 3.05) is 0 Å². The van der Waals surface area contributed by atoms with Gasteiger partial charge in [-0.25, -0.2) is 4.98 Å². The van der Waals surface area contributed by atoms with Gasteiger partial charge in [0.1, 0.15) is 11.5 Å². The molecule has 0 aliphatic rings. The summed E-state index contributed by atoms with van der Waals surface area (Å²) in [4.78, 5) is 16.0. The first-order valence-electron chi connectivity index (χ1n) is 8.29. The van der Waals surface area contributed by atoms with Gasteiger partial charge in [0.05, 0.1) is 11.6 Å². The van der Waals surface area contributed by atoms with Crippen molar-refractivity contribution in [1.82, 2.24) is 4.98 Å². The smallest absolute Gasteiger partial charge is 0.219 e. The summed E-state index contributed by atoms with van der Waals surface area (Å²) in [5, 5.41) is 0.914. The SMILES string of the molecule is CC(=O)c1ccc2nc(Oc3ccc(OC(C)C)cc3C)ccc2c1. The summed E-state index contributed by atoms with van der Waals surface area (Å²) in [5.74, 6) is 2.12. The molecular weight excluding hydrogens is 314 g/mol. The van der Waals surface area contributed by atoms with Crippen LogP contribution in [0.4, 0.5) is 0 Å². The van der Waals surface area contributed by atoms with Gasteiger partial charge in [-0.15, -0.1) is 0 Å². The van der Waals surface area contributed by atoms with Crippen LogP contribution >= 0.6 is 0 Å². The number of aryl methyl sites for hydroxylation is 1. The fourth-order valence-corrected chi connectivity index (χ4v) is 2.58. The van der Waals surface area contributed by atoms with Crippen molar-refractivity contribution in [1.29, 1.82) is 0 Å². The number of nitrogens with zero attached hydrogens (tertiary/aromatic N) is 1. The standard InChI is InChI=1S/C21H21NO3/c1-13(2)24-18-7-9-20(14(3)11-18)25-21-10-6-17-12-16(15(4)23)5-8-19(17)22-21/h5-13H,1-4H3. The summed E-state index contributed by atoms with van der Waals surface area (Å²) < 4.78 is 11.6. The van der Waals surface area contributed by atoms with Crippen molar-refractivity contribution in [2.24, 2.45) is 0 Å². The highest BCUT2D eigenvalue weighted by atomic mass is 16.5. The van der Waals surface area contributed by atoms with Gasteiger partial charge in [-0.3, -0.25) is 4.79 Å². The average molecular weight is 335 g/mol. The number of carbonyl (C=O) groups is 1. The normalized spacial score (nSPS) is 10.9. The van der Waals surface area contributed by atoms with Gasteiger partial charge in [0.2, 0.25) is 5.88 Å². The fourth-order valence-electron chi connectivity index (χ4n) is 2.58. The molecule has 0 amide bonds. The first kappa shape index (κ1) is 17.0. The molecule has 1 heterocycles. The lowest BCUT2D eigenvalue weighted by atomic mass is 10.1. The Bertz CT molecular complexity index is 932. The molecule has 0 saturated heterocycles. The van der Waals surface area contributed by atoms with Crippen LogP contribution in [-0.2, 0) is 0 Å². The molecule has 0 N–H and O–H groups in total. The minimum Gasteiger partial charge on any atom is -0.491 e. The molecule has 0 radical (unpaired) electrons. The molecule has 4 nitrogen and oxygen atoms in total. The Labute approximate surface area is 147 Å². The number of ether oxygens (including phenoxy) is 2. The van der Waals surface area contributed by atoms with Crippen molar-refractivity contribution >= 4 is 16.7 Å². The Morgan fingerprint density at radius 3 is 2.52 bits per heavy atom. The highest BCUT2D eigenvalue weighted by Crippen LogP contribution is 2.29. The van der Waals surface area contributed by atoms with Crippen LogP contribution in [-0.4, -0.2) is 16.9 Å². The molecule has 2 aromatic carbocycles. The van der Waals surface area contributed by atoms with Crippen molar-refractivity contribution in [3.05, 3.63) is 59.7 Å². The first-order valence-corrected chi connectivity index (χ1v) is 8.29. The Balaban J connectivity index is 1.85. The summed E-state index contributed by atoms with van der Waals surface area (Å²) in [6.45, 7) is 7.52. The maximum atomic E-state index is 11.5. The predicted octanol–water partition coefficient (Wildman–Crippen LogP) is 5.33. The van der Waals surface area contributed by atoms with E-state index in [4.69, 9.17) is 9.47 Å². The van der Waals surface area contributed by atoms with Crippen molar-refractivity contribution in [2.45, 2.75) is 33.8 Å². The molecular formula is C21H21NO3. The number of carbonyl (C=O) groups excluding carboxylic acids is 1. The number of fused-ring (bicyclic) bond motifs is 1. The van der Waals surface area contributed by atoms with E-state index in [1.54, 1.807) is 13.0 Å². The fraction of sp³-hybridized carbons (Fsp3) is 0.238. The molecule has 128 valence electrons. The number of hydrogen-bond acceptors (Lipinski definition) is 4. The summed E-state index contributed by atoms with van der Waals surface area (Å²) in [6, 6.07) is 14.9. The van der Waals surface area contributed by atoms with Crippen molar-refractivity contribution in [3.63, 3.8) is 0 Å². The molecule has 0 saturated carbocycles. The topological polar surface area (TPSA) is 48.4 Å². The molecule has 25 heavy (non-hydrogen) atoms. The second kappa shape index (κ2) is 6.93. The number of ketones is 1. The zero-order chi connectivity index (χ0) is 18.0.